The number of anilines is 3. The van der Waals surface area contributed by atoms with Crippen LogP contribution in [0.5, 0.6) is 0 Å². The van der Waals surface area contributed by atoms with Gasteiger partial charge in [-0.2, -0.15) is 0 Å². The third-order valence-corrected chi connectivity index (χ3v) is 9.96. The first-order valence-electron chi connectivity index (χ1n) is 12.8. The third kappa shape index (κ3) is 3.34. The van der Waals surface area contributed by atoms with Gasteiger partial charge in [0.25, 0.3) is 0 Å². The summed E-state index contributed by atoms with van der Waals surface area (Å²) >= 11 is -0.899. The van der Waals surface area contributed by atoms with Crippen LogP contribution in [0.1, 0.15) is 35.1 Å². The molecule has 8 nitrogen and oxygen atoms in total. The van der Waals surface area contributed by atoms with Gasteiger partial charge in [-0.25, -0.2) is 4.98 Å². The van der Waals surface area contributed by atoms with Crippen LogP contribution < -0.4 is 15.5 Å². The van der Waals surface area contributed by atoms with E-state index in [4.69, 9.17) is 0 Å². The van der Waals surface area contributed by atoms with E-state index in [2.05, 4.69) is 15.6 Å². The molecule has 38 heavy (non-hydrogen) atoms. The molecule has 0 saturated carbocycles. The number of aromatic nitrogens is 1. The van der Waals surface area contributed by atoms with Crippen molar-refractivity contribution in [2.45, 2.75) is 36.5 Å². The van der Waals surface area contributed by atoms with Crippen LogP contribution in [-0.4, -0.2) is 45.3 Å². The van der Waals surface area contributed by atoms with Crippen LogP contribution in [0.15, 0.2) is 60.8 Å². The Labute approximate surface area is 223 Å². The normalized spacial score (nSPS) is 26.9. The molecule has 1 saturated heterocycles. The molecule has 2 N–H and O–H groups in total. The fourth-order valence-corrected chi connectivity index (χ4v) is 8.09. The molecule has 3 amide bonds. The molecule has 4 heterocycles. The van der Waals surface area contributed by atoms with Gasteiger partial charge in [-0.05, 0) is 53.8 Å². The molecule has 7 rings (SSSR count). The quantitative estimate of drug-likeness (QED) is 0.510. The third-order valence-electron chi connectivity index (χ3n) is 8.64. The smallest absolute Gasteiger partial charge is 0.244 e. The van der Waals surface area contributed by atoms with Crippen LogP contribution in [0.3, 0.4) is 0 Å². The number of carbonyl (C=O) groups excluding carboxylic acids is 3. The summed E-state index contributed by atoms with van der Waals surface area (Å²) in [5.74, 6) is 1.20. The standard InChI is InChI=1S/C29H26N4O4S/c34-24(17-33-23-6-2-1-4-21(23)28(27(33)36)9-12-38(37)13-10-28)31-20-8-7-18-15-29(16-19(18)14-20)22-5-3-11-30-25(22)32-26(29)35/h1-8,11,14H,9-10,12-13,15-17H2,(H,31,34)(H,30,32,35). The van der Waals surface area contributed by atoms with Gasteiger partial charge >= 0.3 is 0 Å². The number of carbonyl (C=O) groups is 3. The second-order valence-electron chi connectivity index (χ2n) is 10.7. The Morgan fingerprint density at radius 3 is 2.61 bits per heavy atom. The molecule has 3 aromatic rings. The minimum absolute atomic E-state index is 0.0420. The number of para-hydroxylation sites is 1. The lowest BCUT2D eigenvalue weighted by atomic mass is 9.76. The van der Waals surface area contributed by atoms with E-state index in [0.29, 0.717) is 48.7 Å². The van der Waals surface area contributed by atoms with Gasteiger partial charge < -0.3 is 20.1 Å². The number of benzene rings is 2. The predicted octanol–water partition coefficient (Wildman–Crippen LogP) is 2.84. The Kier molecular flexibility index (Phi) is 5.18. The largest absolute Gasteiger partial charge is 0.616 e. The summed E-state index contributed by atoms with van der Waals surface area (Å²) in [5, 5.41) is 5.88. The van der Waals surface area contributed by atoms with Crippen molar-refractivity contribution < 1.29 is 18.9 Å². The van der Waals surface area contributed by atoms with Gasteiger partial charge in [0.15, 0.2) is 0 Å². The SMILES string of the molecule is O=C(CN1C(=O)C2(CC[S+]([O-])CC2)c2ccccc21)Nc1ccc2c(c1)CC1(C2)C(=O)Nc2ncccc21. The van der Waals surface area contributed by atoms with E-state index in [1.807, 2.05) is 54.6 Å². The number of nitrogens with one attached hydrogen (secondary N) is 2. The van der Waals surface area contributed by atoms with Gasteiger partial charge in [0.2, 0.25) is 17.7 Å². The first kappa shape index (κ1) is 23.4. The lowest BCUT2D eigenvalue weighted by Gasteiger charge is -2.33. The summed E-state index contributed by atoms with van der Waals surface area (Å²) in [5.41, 5.74) is 3.98. The lowest BCUT2D eigenvalue weighted by molar-refractivity contribution is -0.125. The number of pyridine rings is 1. The first-order valence-corrected chi connectivity index (χ1v) is 14.3. The van der Waals surface area contributed by atoms with Crippen molar-refractivity contribution in [2.24, 2.45) is 0 Å². The molecule has 1 unspecified atom stereocenters. The van der Waals surface area contributed by atoms with Crippen molar-refractivity contribution in [1.29, 1.82) is 0 Å². The van der Waals surface area contributed by atoms with E-state index >= 15 is 0 Å². The molecule has 1 aliphatic carbocycles. The molecule has 2 spiro atoms. The number of amides is 3. The maximum absolute atomic E-state index is 13.7. The Hall–Kier alpha value is -3.69. The maximum atomic E-state index is 13.7. The van der Waals surface area contributed by atoms with Crippen LogP contribution in [0.25, 0.3) is 0 Å². The molecular formula is C29H26N4O4S. The Morgan fingerprint density at radius 2 is 1.76 bits per heavy atom. The number of hydrogen-bond acceptors (Lipinski definition) is 5. The van der Waals surface area contributed by atoms with Crippen LogP contribution >= 0.6 is 0 Å². The van der Waals surface area contributed by atoms with Crippen molar-refractivity contribution in [3.63, 3.8) is 0 Å². The number of nitrogens with zero attached hydrogens (tertiary/aromatic N) is 2. The highest BCUT2D eigenvalue weighted by atomic mass is 32.2. The van der Waals surface area contributed by atoms with Gasteiger partial charge in [-0.1, -0.05) is 41.5 Å². The summed E-state index contributed by atoms with van der Waals surface area (Å²) in [6, 6.07) is 17.2. The van der Waals surface area contributed by atoms with Gasteiger partial charge in [0.05, 0.1) is 10.8 Å². The van der Waals surface area contributed by atoms with Crippen LogP contribution in [0.2, 0.25) is 0 Å². The topological polar surface area (TPSA) is 114 Å². The Morgan fingerprint density at radius 1 is 1.00 bits per heavy atom. The molecule has 0 radical (unpaired) electrons. The molecule has 1 fully saturated rings. The highest BCUT2D eigenvalue weighted by Gasteiger charge is 2.54. The maximum Gasteiger partial charge on any atom is 0.244 e. The van der Waals surface area contributed by atoms with Gasteiger partial charge in [0, 0.05) is 36.0 Å². The van der Waals surface area contributed by atoms with Gasteiger partial charge in [-0.3, -0.25) is 14.4 Å². The molecular weight excluding hydrogens is 500 g/mol. The van der Waals surface area contributed by atoms with E-state index < -0.39 is 22.0 Å². The second kappa shape index (κ2) is 8.41. The highest BCUT2D eigenvalue weighted by molar-refractivity contribution is 7.91. The molecule has 3 aliphatic heterocycles. The second-order valence-corrected chi connectivity index (χ2v) is 12.4. The predicted molar refractivity (Wildman–Crippen MR) is 145 cm³/mol. The van der Waals surface area contributed by atoms with Crippen molar-refractivity contribution in [3.8, 4) is 0 Å². The zero-order valence-corrected chi connectivity index (χ0v) is 21.5. The number of hydrogen-bond donors (Lipinski definition) is 2. The summed E-state index contributed by atoms with van der Waals surface area (Å²) in [7, 11) is 0. The Balaban J connectivity index is 1.10. The van der Waals surface area contributed by atoms with E-state index in [1.165, 1.54) is 0 Å². The minimum Gasteiger partial charge on any atom is -0.616 e. The minimum atomic E-state index is -0.899. The van der Waals surface area contributed by atoms with Crippen LogP contribution in [0.4, 0.5) is 17.2 Å². The molecule has 1 atom stereocenters. The van der Waals surface area contributed by atoms with Crippen molar-refractivity contribution in [2.75, 3.05) is 33.6 Å². The van der Waals surface area contributed by atoms with Crippen LogP contribution in [-0.2, 0) is 49.2 Å². The summed E-state index contributed by atoms with van der Waals surface area (Å²) < 4.78 is 12.0. The molecule has 9 heteroatoms. The zero-order valence-electron chi connectivity index (χ0n) is 20.7. The highest BCUT2D eigenvalue weighted by Crippen LogP contribution is 2.49. The number of fused-ring (bicyclic) bond motifs is 5. The lowest BCUT2D eigenvalue weighted by Crippen LogP contribution is -2.47. The molecule has 2 aromatic carbocycles. The average Bonchev–Trinajstić information content (AvgIpc) is 3.51. The van der Waals surface area contributed by atoms with Gasteiger partial charge in [-0.15, -0.1) is 0 Å². The van der Waals surface area contributed by atoms with E-state index in [-0.39, 0.29) is 24.3 Å². The molecule has 192 valence electrons. The molecule has 1 aromatic heterocycles. The average molecular weight is 527 g/mol. The van der Waals surface area contributed by atoms with Crippen molar-refractivity contribution in [1.82, 2.24) is 4.98 Å². The fraction of sp³-hybridized carbons (Fsp3) is 0.310. The molecule has 0 bridgehead atoms. The van der Waals surface area contributed by atoms with Crippen molar-refractivity contribution >= 4 is 46.1 Å². The zero-order chi connectivity index (χ0) is 26.1. The first-order chi connectivity index (χ1) is 18.4. The van der Waals surface area contributed by atoms with Gasteiger partial charge in [0.1, 0.15) is 23.9 Å². The summed E-state index contributed by atoms with van der Waals surface area (Å²) in [6.45, 7) is -0.0941. The van der Waals surface area contributed by atoms with E-state index in [9.17, 15) is 18.9 Å². The summed E-state index contributed by atoms with van der Waals surface area (Å²) in [4.78, 5) is 45.7. The molecule has 4 aliphatic rings. The van der Waals surface area contributed by atoms with E-state index in [0.717, 1.165) is 27.9 Å². The van der Waals surface area contributed by atoms with Crippen LogP contribution in [0, 0.1) is 0 Å². The number of rotatable bonds is 3. The Bertz CT molecular complexity index is 1520. The monoisotopic (exact) mass is 526 g/mol. The summed E-state index contributed by atoms with van der Waals surface area (Å²) in [6.07, 6.45) is 3.87. The van der Waals surface area contributed by atoms with Crippen molar-refractivity contribution in [3.05, 3.63) is 83.0 Å². The van der Waals surface area contributed by atoms with E-state index in [1.54, 1.807) is 11.1 Å². The fourth-order valence-electron chi connectivity index (χ4n) is 6.73.